The number of benzene rings is 1. The lowest BCUT2D eigenvalue weighted by Crippen LogP contribution is -2.25. The lowest BCUT2D eigenvalue weighted by molar-refractivity contribution is 0.279. The standard InChI is InChI=1S/C15H15Cl2N3/c16-14-12-6-8-20(10-11-4-2-1-3-5-11)9-7-13(12)18-15(17)19-14/h1-5H,6-10H2. The third-order valence-corrected chi connectivity index (χ3v) is 4.09. The monoisotopic (exact) mass is 307 g/mol. The molecular weight excluding hydrogens is 293 g/mol. The van der Waals surface area contributed by atoms with E-state index in [2.05, 4.69) is 39.1 Å². The molecule has 3 rings (SSSR count). The van der Waals surface area contributed by atoms with Gasteiger partial charge in [-0.3, -0.25) is 4.90 Å². The molecule has 0 saturated carbocycles. The minimum atomic E-state index is 0.241. The molecule has 0 radical (unpaired) electrons. The molecule has 2 heterocycles. The molecular formula is C15H15Cl2N3. The number of hydrogen-bond donors (Lipinski definition) is 0. The summed E-state index contributed by atoms with van der Waals surface area (Å²) in [6, 6.07) is 10.5. The fraction of sp³-hybridized carbons (Fsp3) is 0.333. The van der Waals surface area contributed by atoms with E-state index in [1.165, 1.54) is 5.56 Å². The maximum Gasteiger partial charge on any atom is 0.224 e. The van der Waals surface area contributed by atoms with E-state index in [0.717, 1.165) is 43.7 Å². The van der Waals surface area contributed by atoms with Crippen LogP contribution >= 0.6 is 23.2 Å². The molecule has 0 N–H and O–H groups in total. The Morgan fingerprint density at radius 3 is 2.55 bits per heavy atom. The van der Waals surface area contributed by atoms with Gasteiger partial charge in [0.2, 0.25) is 5.28 Å². The summed E-state index contributed by atoms with van der Waals surface area (Å²) < 4.78 is 0. The molecule has 3 nitrogen and oxygen atoms in total. The highest BCUT2D eigenvalue weighted by atomic mass is 35.5. The Labute approximate surface area is 128 Å². The summed E-state index contributed by atoms with van der Waals surface area (Å²) in [6.45, 7) is 2.88. The van der Waals surface area contributed by atoms with Crippen molar-refractivity contribution >= 4 is 23.2 Å². The summed E-state index contributed by atoms with van der Waals surface area (Å²) in [5.74, 6) is 0. The molecule has 0 saturated heterocycles. The zero-order chi connectivity index (χ0) is 13.9. The fourth-order valence-corrected chi connectivity index (χ4v) is 3.08. The molecule has 0 aliphatic carbocycles. The first-order valence-corrected chi connectivity index (χ1v) is 7.45. The van der Waals surface area contributed by atoms with Crippen molar-refractivity contribution in [3.05, 3.63) is 57.6 Å². The van der Waals surface area contributed by atoms with Gasteiger partial charge < -0.3 is 0 Å². The van der Waals surface area contributed by atoms with Gasteiger partial charge in [0.1, 0.15) is 5.15 Å². The second-order valence-electron chi connectivity index (χ2n) is 4.97. The zero-order valence-corrected chi connectivity index (χ0v) is 12.5. The molecule has 104 valence electrons. The van der Waals surface area contributed by atoms with E-state index in [4.69, 9.17) is 23.2 Å². The van der Waals surface area contributed by atoms with Crippen LogP contribution in [0.1, 0.15) is 16.8 Å². The van der Waals surface area contributed by atoms with Crippen molar-refractivity contribution in [1.29, 1.82) is 0 Å². The minimum absolute atomic E-state index is 0.241. The van der Waals surface area contributed by atoms with E-state index in [9.17, 15) is 0 Å². The molecule has 0 atom stereocenters. The summed E-state index contributed by atoms with van der Waals surface area (Å²) in [7, 11) is 0. The predicted molar refractivity (Wildman–Crippen MR) is 81.2 cm³/mol. The molecule has 1 aromatic carbocycles. The van der Waals surface area contributed by atoms with E-state index < -0.39 is 0 Å². The van der Waals surface area contributed by atoms with Crippen LogP contribution in [0.3, 0.4) is 0 Å². The van der Waals surface area contributed by atoms with Crippen LogP contribution in [0.15, 0.2) is 30.3 Å². The topological polar surface area (TPSA) is 29.0 Å². The first-order valence-electron chi connectivity index (χ1n) is 6.69. The lowest BCUT2D eigenvalue weighted by atomic mass is 10.1. The molecule has 0 unspecified atom stereocenters. The Balaban J connectivity index is 1.74. The highest BCUT2D eigenvalue weighted by molar-refractivity contribution is 6.32. The van der Waals surface area contributed by atoms with Crippen LogP contribution in [0.25, 0.3) is 0 Å². The molecule has 0 amide bonds. The van der Waals surface area contributed by atoms with Crippen LogP contribution in [0.2, 0.25) is 10.4 Å². The van der Waals surface area contributed by atoms with Gasteiger partial charge in [0.25, 0.3) is 0 Å². The largest absolute Gasteiger partial charge is 0.298 e. The van der Waals surface area contributed by atoms with Gasteiger partial charge in [-0.2, -0.15) is 0 Å². The van der Waals surface area contributed by atoms with Gasteiger partial charge >= 0.3 is 0 Å². The Bertz CT molecular complexity index is 602. The molecule has 1 aliphatic rings. The Morgan fingerprint density at radius 2 is 1.75 bits per heavy atom. The molecule has 1 aromatic heterocycles. The summed E-state index contributed by atoms with van der Waals surface area (Å²) in [6.07, 6.45) is 1.74. The number of aromatic nitrogens is 2. The third-order valence-electron chi connectivity index (χ3n) is 3.61. The maximum atomic E-state index is 6.17. The average Bonchev–Trinajstić information content (AvgIpc) is 2.63. The van der Waals surface area contributed by atoms with Gasteiger partial charge in [-0.25, -0.2) is 9.97 Å². The number of fused-ring (bicyclic) bond motifs is 1. The predicted octanol–water partition coefficient (Wildman–Crippen LogP) is 3.38. The highest BCUT2D eigenvalue weighted by Crippen LogP contribution is 2.23. The van der Waals surface area contributed by atoms with Gasteiger partial charge in [0, 0.05) is 31.6 Å². The summed E-state index contributed by atoms with van der Waals surface area (Å²) in [4.78, 5) is 10.8. The van der Waals surface area contributed by atoms with E-state index in [-0.39, 0.29) is 5.28 Å². The smallest absolute Gasteiger partial charge is 0.224 e. The van der Waals surface area contributed by atoms with Gasteiger partial charge in [0.15, 0.2) is 0 Å². The van der Waals surface area contributed by atoms with Crippen LogP contribution in [-0.4, -0.2) is 28.0 Å². The summed E-state index contributed by atoms with van der Waals surface area (Å²) in [5.41, 5.74) is 3.37. The third kappa shape index (κ3) is 3.11. The van der Waals surface area contributed by atoms with Gasteiger partial charge in [-0.1, -0.05) is 41.9 Å². The van der Waals surface area contributed by atoms with Crippen LogP contribution in [0.4, 0.5) is 0 Å². The molecule has 20 heavy (non-hydrogen) atoms. The molecule has 1 aliphatic heterocycles. The molecule has 2 aromatic rings. The van der Waals surface area contributed by atoms with Crippen LogP contribution in [-0.2, 0) is 19.4 Å². The SMILES string of the molecule is Clc1nc(Cl)c2c(n1)CCN(Cc1ccccc1)CC2. The second-order valence-corrected chi connectivity index (χ2v) is 5.67. The van der Waals surface area contributed by atoms with E-state index in [1.54, 1.807) is 0 Å². The lowest BCUT2D eigenvalue weighted by Gasteiger charge is -2.19. The number of hydrogen-bond acceptors (Lipinski definition) is 3. The van der Waals surface area contributed by atoms with Gasteiger partial charge in [0.05, 0.1) is 5.69 Å². The van der Waals surface area contributed by atoms with Crippen LogP contribution in [0.5, 0.6) is 0 Å². The van der Waals surface area contributed by atoms with Crippen LogP contribution in [0, 0.1) is 0 Å². The first kappa shape index (κ1) is 13.8. The Kier molecular flexibility index (Phi) is 4.20. The Morgan fingerprint density at radius 1 is 1.00 bits per heavy atom. The summed E-state index contributed by atoms with van der Waals surface area (Å²) in [5, 5.41) is 0.742. The average molecular weight is 308 g/mol. The number of rotatable bonds is 2. The van der Waals surface area contributed by atoms with Crippen molar-refractivity contribution in [3.8, 4) is 0 Å². The normalized spacial score (nSPS) is 15.7. The van der Waals surface area contributed by atoms with Crippen molar-refractivity contribution in [2.45, 2.75) is 19.4 Å². The van der Waals surface area contributed by atoms with Crippen molar-refractivity contribution in [1.82, 2.24) is 14.9 Å². The van der Waals surface area contributed by atoms with Crippen molar-refractivity contribution < 1.29 is 0 Å². The van der Waals surface area contributed by atoms with E-state index >= 15 is 0 Å². The summed E-state index contributed by atoms with van der Waals surface area (Å²) >= 11 is 12.1. The number of halogens is 2. The quantitative estimate of drug-likeness (QED) is 0.629. The molecule has 5 heteroatoms. The van der Waals surface area contributed by atoms with Crippen LogP contribution < -0.4 is 0 Å². The highest BCUT2D eigenvalue weighted by Gasteiger charge is 2.19. The fourth-order valence-electron chi connectivity index (χ4n) is 2.57. The molecule has 0 fully saturated rings. The van der Waals surface area contributed by atoms with E-state index in [0.29, 0.717) is 5.15 Å². The maximum absolute atomic E-state index is 6.17. The second kappa shape index (κ2) is 6.08. The first-order chi connectivity index (χ1) is 9.72. The van der Waals surface area contributed by atoms with Gasteiger partial charge in [-0.05, 0) is 23.6 Å². The van der Waals surface area contributed by atoms with Crippen molar-refractivity contribution in [2.75, 3.05) is 13.1 Å². The number of nitrogens with zero attached hydrogens (tertiary/aromatic N) is 3. The van der Waals surface area contributed by atoms with Gasteiger partial charge in [-0.15, -0.1) is 0 Å². The minimum Gasteiger partial charge on any atom is -0.298 e. The van der Waals surface area contributed by atoms with Crippen molar-refractivity contribution in [2.24, 2.45) is 0 Å². The van der Waals surface area contributed by atoms with Crippen molar-refractivity contribution in [3.63, 3.8) is 0 Å². The Hall–Kier alpha value is -1.16. The molecule has 0 spiro atoms. The zero-order valence-electron chi connectivity index (χ0n) is 11.0. The van der Waals surface area contributed by atoms with E-state index in [1.807, 2.05) is 6.07 Å². The molecule has 0 bridgehead atoms.